The van der Waals surface area contributed by atoms with E-state index in [0.717, 1.165) is 0 Å². The molecule has 2 amide bonds. The monoisotopic (exact) mass is 483 g/mol. The van der Waals surface area contributed by atoms with Crippen molar-refractivity contribution in [1.82, 2.24) is 4.98 Å². The topological polar surface area (TPSA) is 110 Å². The third-order valence-corrected chi connectivity index (χ3v) is 5.57. The Kier molecular flexibility index (Phi) is 7.36. The van der Waals surface area contributed by atoms with Crippen molar-refractivity contribution in [2.45, 2.75) is 6.54 Å². The Hall–Kier alpha value is -3.53. The fourth-order valence-electron chi connectivity index (χ4n) is 3.57. The Bertz CT molecular complexity index is 1200. The molecule has 1 fully saturated rings. The van der Waals surface area contributed by atoms with Gasteiger partial charge in [-0.3, -0.25) is 9.59 Å². The number of amides is 2. The smallest absolute Gasteiger partial charge is 0.257 e. The number of nitrogens with zero attached hydrogens (tertiary/aromatic N) is 2. The lowest BCUT2D eigenvalue weighted by molar-refractivity contribution is 0.101. The fourth-order valence-corrected chi connectivity index (χ4v) is 3.68. The third kappa shape index (κ3) is 5.69. The standard InChI is InChI=1S/C24H23ClFN5O3/c25-22-4-2-16(14-28-22)23(32)30-21-12-19(3-1-15(21)13-27)29-24(33)17-9-18(26)11-20(10-17)31-5-7-34-8-6-31/h1-4,9-12,14H,5-8,13,27H2,(H,29,33)(H,30,32). The maximum atomic E-state index is 14.3. The van der Waals surface area contributed by atoms with Gasteiger partial charge in [-0.25, -0.2) is 9.37 Å². The highest BCUT2D eigenvalue weighted by atomic mass is 35.5. The number of benzene rings is 2. The van der Waals surface area contributed by atoms with E-state index >= 15 is 0 Å². The number of morpholine rings is 1. The summed E-state index contributed by atoms with van der Waals surface area (Å²) in [6.07, 6.45) is 1.36. The van der Waals surface area contributed by atoms with Gasteiger partial charge in [-0.1, -0.05) is 17.7 Å². The molecule has 0 aliphatic carbocycles. The number of pyridine rings is 1. The second-order valence-electron chi connectivity index (χ2n) is 7.65. The highest BCUT2D eigenvalue weighted by Crippen LogP contribution is 2.24. The molecule has 4 N–H and O–H groups in total. The van der Waals surface area contributed by atoms with E-state index in [4.69, 9.17) is 22.1 Å². The maximum Gasteiger partial charge on any atom is 0.257 e. The lowest BCUT2D eigenvalue weighted by Gasteiger charge is -2.29. The predicted molar refractivity (Wildman–Crippen MR) is 129 cm³/mol. The van der Waals surface area contributed by atoms with Crippen LogP contribution in [0, 0.1) is 5.82 Å². The van der Waals surface area contributed by atoms with Crippen LogP contribution < -0.4 is 21.3 Å². The second kappa shape index (κ2) is 10.6. The number of carbonyl (C=O) groups excluding carboxylic acids is 2. The van der Waals surface area contributed by atoms with E-state index in [1.54, 1.807) is 30.3 Å². The Morgan fingerprint density at radius 2 is 1.79 bits per heavy atom. The van der Waals surface area contributed by atoms with Crippen molar-refractivity contribution < 1.29 is 18.7 Å². The molecule has 3 aromatic rings. The first-order valence-corrected chi connectivity index (χ1v) is 11.0. The molecule has 1 aromatic heterocycles. The average molecular weight is 484 g/mol. The molecule has 1 aliphatic rings. The molecule has 0 bridgehead atoms. The van der Waals surface area contributed by atoms with Crippen LogP contribution in [-0.4, -0.2) is 43.1 Å². The molecule has 0 spiro atoms. The van der Waals surface area contributed by atoms with Crippen LogP contribution in [0.5, 0.6) is 0 Å². The average Bonchev–Trinajstić information content (AvgIpc) is 2.85. The van der Waals surface area contributed by atoms with Gasteiger partial charge in [0.1, 0.15) is 11.0 Å². The van der Waals surface area contributed by atoms with Crippen LogP contribution in [0.25, 0.3) is 0 Å². The van der Waals surface area contributed by atoms with Crippen LogP contribution in [-0.2, 0) is 11.3 Å². The van der Waals surface area contributed by atoms with Gasteiger partial charge in [-0.15, -0.1) is 0 Å². The molecule has 0 saturated carbocycles. The molecule has 10 heteroatoms. The molecular formula is C24H23ClFN5O3. The quantitative estimate of drug-likeness (QED) is 0.461. The van der Waals surface area contributed by atoms with Crippen molar-refractivity contribution in [3.63, 3.8) is 0 Å². The van der Waals surface area contributed by atoms with Gasteiger partial charge in [-0.2, -0.15) is 0 Å². The Morgan fingerprint density at radius 3 is 2.50 bits per heavy atom. The first-order valence-electron chi connectivity index (χ1n) is 10.6. The molecule has 0 atom stereocenters. The van der Waals surface area contributed by atoms with Gasteiger partial charge in [0.05, 0.1) is 18.8 Å². The first kappa shape index (κ1) is 23.6. The lowest BCUT2D eigenvalue weighted by Crippen LogP contribution is -2.36. The van der Waals surface area contributed by atoms with E-state index < -0.39 is 17.6 Å². The van der Waals surface area contributed by atoms with E-state index in [1.807, 2.05) is 4.90 Å². The molecule has 2 heterocycles. The van der Waals surface area contributed by atoms with Gasteiger partial charge < -0.3 is 26.0 Å². The summed E-state index contributed by atoms with van der Waals surface area (Å²) in [7, 11) is 0. The van der Waals surface area contributed by atoms with Gasteiger partial charge in [-0.05, 0) is 48.0 Å². The number of aromatic nitrogens is 1. The van der Waals surface area contributed by atoms with Crippen LogP contribution in [0.4, 0.5) is 21.5 Å². The van der Waals surface area contributed by atoms with E-state index in [1.165, 1.54) is 24.4 Å². The summed E-state index contributed by atoms with van der Waals surface area (Å²) in [5.41, 5.74) is 8.46. The first-order chi connectivity index (χ1) is 16.4. The van der Waals surface area contributed by atoms with Crippen molar-refractivity contribution >= 4 is 40.5 Å². The molecule has 4 rings (SSSR count). The zero-order valence-electron chi connectivity index (χ0n) is 18.2. The second-order valence-corrected chi connectivity index (χ2v) is 8.04. The number of halogens is 2. The molecule has 1 saturated heterocycles. The maximum absolute atomic E-state index is 14.3. The highest BCUT2D eigenvalue weighted by Gasteiger charge is 2.17. The van der Waals surface area contributed by atoms with E-state index in [-0.39, 0.29) is 17.3 Å². The Morgan fingerprint density at radius 1 is 1.03 bits per heavy atom. The number of carbonyl (C=O) groups is 2. The zero-order chi connectivity index (χ0) is 24.1. The molecule has 176 valence electrons. The number of rotatable bonds is 6. The molecule has 8 nitrogen and oxygen atoms in total. The van der Waals surface area contributed by atoms with Crippen molar-refractivity contribution in [3.8, 4) is 0 Å². The molecule has 1 aliphatic heterocycles. The van der Waals surface area contributed by atoms with E-state index in [2.05, 4.69) is 15.6 Å². The van der Waals surface area contributed by atoms with Crippen molar-refractivity contribution in [1.29, 1.82) is 0 Å². The molecule has 0 unspecified atom stereocenters. The largest absolute Gasteiger partial charge is 0.378 e. The number of ether oxygens (including phenoxy) is 1. The van der Waals surface area contributed by atoms with Crippen LogP contribution >= 0.6 is 11.6 Å². The summed E-state index contributed by atoms with van der Waals surface area (Å²) in [6.45, 7) is 2.52. The minimum absolute atomic E-state index is 0.176. The van der Waals surface area contributed by atoms with Crippen LogP contribution in [0.1, 0.15) is 26.3 Å². The van der Waals surface area contributed by atoms with Gasteiger partial charge >= 0.3 is 0 Å². The zero-order valence-corrected chi connectivity index (χ0v) is 18.9. The number of nitrogens with one attached hydrogen (secondary N) is 2. The van der Waals surface area contributed by atoms with Crippen LogP contribution in [0.15, 0.2) is 54.7 Å². The minimum atomic E-state index is -0.503. The normalized spacial score (nSPS) is 13.4. The molecule has 0 radical (unpaired) electrons. The highest BCUT2D eigenvalue weighted by molar-refractivity contribution is 6.29. The van der Waals surface area contributed by atoms with E-state index in [0.29, 0.717) is 54.5 Å². The van der Waals surface area contributed by atoms with Crippen molar-refractivity contribution in [2.75, 3.05) is 41.8 Å². The van der Waals surface area contributed by atoms with Gasteiger partial charge in [0.2, 0.25) is 0 Å². The summed E-state index contributed by atoms with van der Waals surface area (Å²) >= 11 is 5.78. The number of hydrogen-bond donors (Lipinski definition) is 3. The van der Waals surface area contributed by atoms with Crippen molar-refractivity contribution in [3.05, 3.63) is 82.4 Å². The van der Waals surface area contributed by atoms with Crippen LogP contribution in [0.2, 0.25) is 5.15 Å². The minimum Gasteiger partial charge on any atom is -0.378 e. The number of nitrogens with two attached hydrogens (primary N) is 1. The summed E-state index contributed by atoms with van der Waals surface area (Å²) in [5.74, 6) is -1.38. The lowest BCUT2D eigenvalue weighted by atomic mass is 10.1. The van der Waals surface area contributed by atoms with Gasteiger partial charge in [0, 0.05) is 48.5 Å². The summed E-state index contributed by atoms with van der Waals surface area (Å²) in [6, 6.07) is 12.3. The van der Waals surface area contributed by atoms with Crippen molar-refractivity contribution in [2.24, 2.45) is 5.73 Å². The van der Waals surface area contributed by atoms with Crippen LogP contribution in [0.3, 0.4) is 0 Å². The van der Waals surface area contributed by atoms with Gasteiger partial charge in [0.25, 0.3) is 11.8 Å². The third-order valence-electron chi connectivity index (χ3n) is 5.35. The summed E-state index contributed by atoms with van der Waals surface area (Å²) < 4.78 is 19.6. The Balaban J connectivity index is 1.52. The Labute approximate surface area is 200 Å². The number of hydrogen-bond acceptors (Lipinski definition) is 6. The fraction of sp³-hybridized carbons (Fsp3) is 0.208. The SMILES string of the molecule is NCc1ccc(NC(=O)c2cc(F)cc(N3CCOCC3)c2)cc1NC(=O)c1ccc(Cl)nc1. The summed E-state index contributed by atoms with van der Waals surface area (Å²) in [5, 5.41) is 5.81. The number of anilines is 3. The molecule has 2 aromatic carbocycles. The van der Waals surface area contributed by atoms with E-state index in [9.17, 15) is 14.0 Å². The summed E-state index contributed by atoms with van der Waals surface area (Å²) in [4.78, 5) is 31.4. The molecule has 34 heavy (non-hydrogen) atoms. The molecular weight excluding hydrogens is 461 g/mol. The predicted octanol–water partition coefficient (Wildman–Crippen LogP) is 3.67. The van der Waals surface area contributed by atoms with Gasteiger partial charge in [0.15, 0.2) is 0 Å².